The van der Waals surface area contributed by atoms with Crippen LogP contribution in [0.2, 0.25) is 0 Å². The molecule has 1 aromatic carbocycles. The molecule has 2 atom stereocenters. The Bertz CT molecular complexity index is 635. The number of nitrogens with zero attached hydrogens (tertiary/aromatic N) is 2. The highest BCUT2D eigenvalue weighted by Crippen LogP contribution is 2.11. The fourth-order valence-electron chi connectivity index (χ4n) is 2.09. The largest absolute Gasteiger partial charge is 0.480 e. The highest BCUT2D eigenvalue weighted by atomic mass is 16.4. The molecule has 0 saturated heterocycles. The van der Waals surface area contributed by atoms with Gasteiger partial charge in [-0.1, -0.05) is 20.3 Å². The molecule has 2 unspecified atom stereocenters. The van der Waals surface area contributed by atoms with Crippen LogP contribution in [0.5, 0.6) is 0 Å². The first-order valence-electron chi connectivity index (χ1n) is 7.16. The monoisotopic (exact) mass is 301 g/mol. The lowest BCUT2D eigenvalue weighted by atomic mass is 9.99. The minimum absolute atomic E-state index is 0.134. The maximum atomic E-state index is 12.2. The number of carboxylic acids is 1. The van der Waals surface area contributed by atoms with Crippen molar-refractivity contribution in [3.05, 3.63) is 48.3 Å². The van der Waals surface area contributed by atoms with E-state index in [0.717, 1.165) is 5.69 Å². The Hall–Kier alpha value is -2.63. The van der Waals surface area contributed by atoms with Crippen LogP contribution in [0.1, 0.15) is 30.6 Å². The fraction of sp³-hybridized carbons (Fsp3) is 0.312. The van der Waals surface area contributed by atoms with E-state index in [1.165, 1.54) is 0 Å². The van der Waals surface area contributed by atoms with Crippen molar-refractivity contribution in [1.29, 1.82) is 0 Å². The molecule has 0 aliphatic rings. The van der Waals surface area contributed by atoms with Crippen molar-refractivity contribution in [3.8, 4) is 5.69 Å². The number of carboxylic acid groups (broad SMARTS) is 1. The molecule has 116 valence electrons. The van der Waals surface area contributed by atoms with Crippen LogP contribution in [0.4, 0.5) is 0 Å². The van der Waals surface area contributed by atoms with Crippen LogP contribution in [-0.4, -0.2) is 32.8 Å². The van der Waals surface area contributed by atoms with Gasteiger partial charge in [0, 0.05) is 18.0 Å². The zero-order valence-corrected chi connectivity index (χ0v) is 12.6. The van der Waals surface area contributed by atoms with Gasteiger partial charge in [-0.05, 0) is 36.2 Å². The van der Waals surface area contributed by atoms with Gasteiger partial charge in [0.1, 0.15) is 6.04 Å². The molecule has 1 heterocycles. The average Bonchev–Trinajstić information content (AvgIpc) is 3.06. The highest BCUT2D eigenvalue weighted by molar-refractivity contribution is 5.96. The van der Waals surface area contributed by atoms with Gasteiger partial charge < -0.3 is 10.4 Å². The number of amides is 1. The van der Waals surface area contributed by atoms with Crippen LogP contribution in [-0.2, 0) is 4.79 Å². The van der Waals surface area contributed by atoms with E-state index >= 15 is 0 Å². The Balaban J connectivity index is 2.11. The standard InChI is InChI=1S/C16H19N3O3/c1-3-11(2)14(16(21)22)18-15(20)12-5-7-13(8-6-12)19-10-4-9-17-19/h4-11,14H,3H2,1-2H3,(H,18,20)(H,21,22). The van der Waals surface area contributed by atoms with Gasteiger partial charge >= 0.3 is 5.97 Å². The molecule has 2 aromatic rings. The lowest BCUT2D eigenvalue weighted by Crippen LogP contribution is -2.45. The number of hydrogen-bond donors (Lipinski definition) is 2. The number of carbonyl (C=O) groups excluding carboxylic acids is 1. The lowest BCUT2D eigenvalue weighted by molar-refractivity contribution is -0.140. The van der Waals surface area contributed by atoms with Crippen molar-refractivity contribution in [2.75, 3.05) is 0 Å². The molecule has 0 aliphatic carbocycles. The molecule has 22 heavy (non-hydrogen) atoms. The van der Waals surface area contributed by atoms with Crippen LogP contribution in [0, 0.1) is 5.92 Å². The van der Waals surface area contributed by atoms with Gasteiger partial charge in [-0.25, -0.2) is 9.48 Å². The second kappa shape index (κ2) is 6.89. The number of carbonyl (C=O) groups is 2. The summed E-state index contributed by atoms with van der Waals surface area (Å²) in [6.07, 6.45) is 4.15. The van der Waals surface area contributed by atoms with E-state index in [2.05, 4.69) is 10.4 Å². The maximum absolute atomic E-state index is 12.2. The number of hydrogen-bond acceptors (Lipinski definition) is 3. The van der Waals surface area contributed by atoms with Crippen molar-refractivity contribution in [3.63, 3.8) is 0 Å². The lowest BCUT2D eigenvalue weighted by Gasteiger charge is -2.20. The molecule has 2 N–H and O–H groups in total. The third-order valence-electron chi connectivity index (χ3n) is 3.66. The van der Waals surface area contributed by atoms with Gasteiger partial charge in [0.2, 0.25) is 0 Å². The summed E-state index contributed by atoms with van der Waals surface area (Å²) in [7, 11) is 0. The molecule has 0 fully saturated rings. The summed E-state index contributed by atoms with van der Waals surface area (Å²) in [5.74, 6) is -1.54. The van der Waals surface area contributed by atoms with Gasteiger partial charge in [-0.3, -0.25) is 4.79 Å². The van der Waals surface area contributed by atoms with Gasteiger partial charge in [0.25, 0.3) is 5.91 Å². The summed E-state index contributed by atoms with van der Waals surface area (Å²) in [5, 5.41) is 15.9. The molecule has 0 saturated carbocycles. The number of rotatable bonds is 6. The molecular weight excluding hydrogens is 282 g/mol. The molecule has 1 aromatic heterocycles. The van der Waals surface area contributed by atoms with Crippen molar-refractivity contribution in [2.45, 2.75) is 26.3 Å². The Morgan fingerprint density at radius 3 is 2.50 bits per heavy atom. The predicted molar refractivity (Wildman–Crippen MR) is 81.9 cm³/mol. The predicted octanol–water partition coefficient (Wildman–Crippen LogP) is 2.10. The fourth-order valence-corrected chi connectivity index (χ4v) is 2.09. The average molecular weight is 301 g/mol. The summed E-state index contributed by atoms with van der Waals surface area (Å²) in [5.41, 5.74) is 1.25. The number of aliphatic carboxylic acids is 1. The van der Waals surface area contributed by atoms with Crippen molar-refractivity contribution in [1.82, 2.24) is 15.1 Å². The summed E-state index contributed by atoms with van der Waals surface area (Å²) in [6, 6.07) is 7.76. The van der Waals surface area contributed by atoms with Crippen molar-refractivity contribution < 1.29 is 14.7 Å². The Kier molecular flexibility index (Phi) is 4.93. The van der Waals surface area contributed by atoms with Crippen LogP contribution < -0.4 is 5.32 Å². The zero-order valence-electron chi connectivity index (χ0n) is 12.6. The molecule has 2 rings (SSSR count). The third kappa shape index (κ3) is 3.52. The first-order chi connectivity index (χ1) is 10.5. The van der Waals surface area contributed by atoms with Gasteiger partial charge in [-0.2, -0.15) is 5.10 Å². The number of benzene rings is 1. The third-order valence-corrected chi connectivity index (χ3v) is 3.66. The van der Waals surface area contributed by atoms with Gasteiger partial charge in [0.05, 0.1) is 5.69 Å². The molecule has 1 amide bonds. The number of aromatic nitrogens is 2. The second-order valence-corrected chi connectivity index (χ2v) is 5.17. The van der Waals surface area contributed by atoms with Gasteiger partial charge in [-0.15, -0.1) is 0 Å². The molecule has 0 spiro atoms. The Labute approximate surface area is 128 Å². The summed E-state index contributed by atoms with van der Waals surface area (Å²) >= 11 is 0. The van der Waals surface area contributed by atoms with E-state index in [4.69, 9.17) is 0 Å². The van der Waals surface area contributed by atoms with Crippen molar-refractivity contribution in [2.24, 2.45) is 5.92 Å². The zero-order chi connectivity index (χ0) is 16.1. The van der Waals surface area contributed by atoms with E-state index in [9.17, 15) is 14.7 Å². The summed E-state index contributed by atoms with van der Waals surface area (Å²) < 4.78 is 1.68. The summed E-state index contributed by atoms with van der Waals surface area (Å²) in [6.45, 7) is 3.70. The van der Waals surface area contributed by atoms with E-state index in [1.807, 2.05) is 13.0 Å². The Morgan fingerprint density at radius 1 is 1.32 bits per heavy atom. The molecule has 6 nitrogen and oxygen atoms in total. The minimum atomic E-state index is -1.02. The topological polar surface area (TPSA) is 84.2 Å². The molecule has 0 radical (unpaired) electrons. The second-order valence-electron chi connectivity index (χ2n) is 5.17. The first-order valence-corrected chi connectivity index (χ1v) is 7.16. The first kappa shape index (κ1) is 15.8. The van der Waals surface area contributed by atoms with Crippen LogP contribution >= 0.6 is 0 Å². The minimum Gasteiger partial charge on any atom is -0.480 e. The van der Waals surface area contributed by atoms with Crippen LogP contribution in [0.3, 0.4) is 0 Å². The van der Waals surface area contributed by atoms with E-state index in [-0.39, 0.29) is 11.8 Å². The summed E-state index contributed by atoms with van der Waals surface area (Å²) in [4.78, 5) is 23.4. The molecule has 0 aliphatic heterocycles. The molecule has 0 bridgehead atoms. The smallest absolute Gasteiger partial charge is 0.326 e. The normalized spacial score (nSPS) is 13.4. The van der Waals surface area contributed by atoms with Crippen LogP contribution in [0.15, 0.2) is 42.7 Å². The van der Waals surface area contributed by atoms with Crippen LogP contribution in [0.25, 0.3) is 5.69 Å². The van der Waals surface area contributed by atoms with Gasteiger partial charge in [0.15, 0.2) is 0 Å². The maximum Gasteiger partial charge on any atom is 0.326 e. The molecular formula is C16H19N3O3. The SMILES string of the molecule is CCC(C)C(NC(=O)c1ccc(-n2cccn2)cc1)C(=O)O. The number of nitrogens with one attached hydrogen (secondary N) is 1. The van der Waals surface area contributed by atoms with E-state index in [0.29, 0.717) is 12.0 Å². The quantitative estimate of drug-likeness (QED) is 0.855. The Morgan fingerprint density at radius 2 is 2.00 bits per heavy atom. The van der Waals surface area contributed by atoms with E-state index in [1.54, 1.807) is 48.3 Å². The van der Waals surface area contributed by atoms with Crippen molar-refractivity contribution >= 4 is 11.9 Å². The van der Waals surface area contributed by atoms with E-state index < -0.39 is 12.0 Å². The molecule has 6 heteroatoms. The highest BCUT2D eigenvalue weighted by Gasteiger charge is 2.25.